The van der Waals surface area contributed by atoms with E-state index in [1.165, 1.54) is 0 Å². The number of carbonyl (C=O) groups excluding carboxylic acids is 2. The minimum absolute atomic E-state index is 0.00170. The molecule has 1 N–H and O–H groups in total. The van der Waals surface area contributed by atoms with E-state index in [2.05, 4.69) is 19.2 Å². The van der Waals surface area contributed by atoms with Crippen molar-refractivity contribution in [1.29, 1.82) is 0 Å². The average molecular weight is 439 g/mol. The fraction of sp³-hybridized carbons (Fsp3) is 0.462. The molecule has 2 unspecified atom stereocenters. The summed E-state index contributed by atoms with van der Waals surface area (Å²) in [4.78, 5) is 27.3. The predicted octanol–water partition coefficient (Wildman–Crippen LogP) is 5.20. The summed E-state index contributed by atoms with van der Waals surface area (Å²) in [5, 5.41) is 2.92. The maximum Gasteiger partial charge on any atom is 0.260 e. The third kappa shape index (κ3) is 6.02. The van der Waals surface area contributed by atoms with E-state index >= 15 is 0 Å². The van der Waals surface area contributed by atoms with Crippen molar-refractivity contribution in [2.75, 3.05) is 18.5 Å². The van der Waals surface area contributed by atoms with Crippen LogP contribution in [0.2, 0.25) is 0 Å². The van der Waals surface area contributed by atoms with Crippen LogP contribution in [0.1, 0.15) is 62.4 Å². The van der Waals surface area contributed by atoms with Crippen molar-refractivity contribution in [2.45, 2.75) is 65.5 Å². The first-order valence-corrected chi connectivity index (χ1v) is 11.5. The molecule has 1 aliphatic heterocycles. The number of nitrogens with one attached hydrogen (secondary N) is 1. The highest BCUT2D eigenvalue weighted by molar-refractivity contribution is 6.05. The highest BCUT2D eigenvalue weighted by Gasteiger charge is 2.29. The summed E-state index contributed by atoms with van der Waals surface area (Å²) >= 11 is 0. The third-order valence-electron chi connectivity index (χ3n) is 5.81. The summed E-state index contributed by atoms with van der Waals surface area (Å²) in [5.74, 6) is 1.01. The summed E-state index contributed by atoms with van der Waals surface area (Å²) in [6.07, 6.45) is 4.12. The lowest BCUT2D eigenvalue weighted by molar-refractivity contribution is -0.139. The van der Waals surface area contributed by atoms with Crippen molar-refractivity contribution >= 4 is 17.5 Å². The number of carbonyl (C=O) groups is 2. The molecule has 6 heteroatoms. The summed E-state index contributed by atoms with van der Waals surface area (Å²) in [7, 11) is 0. The van der Waals surface area contributed by atoms with Gasteiger partial charge < -0.3 is 19.7 Å². The fourth-order valence-electron chi connectivity index (χ4n) is 4.09. The van der Waals surface area contributed by atoms with Crippen molar-refractivity contribution in [3.8, 4) is 11.5 Å². The second kappa shape index (κ2) is 11.0. The van der Waals surface area contributed by atoms with Crippen LogP contribution in [0, 0.1) is 6.92 Å². The van der Waals surface area contributed by atoms with E-state index in [-0.39, 0.29) is 30.5 Å². The molecular weight excluding hydrogens is 404 g/mol. The molecule has 1 fully saturated rings. The van der Waals surface area contributed by atoms with Gasteiger partial charge in [-0.1, -0.05) is 13.0 Å². The quantitative estimate of drug-likeness (QED) is 0.615. The Hall–Kier alpha value is -3.02. The van der Waals surface area contributed by atoms with Crippen LogP contribution in [0.5, 0.6) is 11.5 Å². The van der Waals surface area contributed by atoms with E-state index in [0.717, 1.165) is 31.2 Å². The molecule has 0 bridgehead atoms. The highest BCUT2D eigenvalue weighted by atomic mass is 16.5. The van der Waals surface area contributed by atoms with Gasteiger partial charge in [0.05, 0.1) is 12.3 Å². The van der Waals surface area contributed by atoms with Crippen molar-refractivity contribution < 1.29 is 19.1 Å². The number of aryl methyl sites for hydroxylation is 1. The second-order valence-electron chi connectivity index (χ2n) is 8.55. The molecule has 0 spiro atoms. The van der Waals surface area contributed by atoms with Gasteiger partial charge in [0.25, 0.3) is 11.8 Å². The summed E-state index contributed by atoms with van der Waals surface area (Å²) in [6.45, 7) is 8.80. The molecule has 0 radical (unpaired) electrons. The first-order valence-electron chi connectivity index (χ1n) is 11.5. The Morgan fingerprint density at radius 3 is 2.38 bits per heavy atom. The lowest BCUT2D eigenvalue weighted by atomic mass is 9.97. The van der Waals surface area contributed by atoms with Gasteiger partial charge in [0.1, 0.15) is 11.5 Å². The van der Waals surface area contributed by atoms with Crippen molar-refractivity contribution in [2.24, 2.45) is 0 Å². The van der Waals surface area contributed by atoms with E-state index in [4.69, 9.17) is 9.47 Å². The Morgan fingerprint density at radius 1 is 1.03 bits per heavy atom. The molecule has 2 amide bonds. The van der Waals surface area contributed by atoms with Gasteiger partial charge in [-0.2, -0.15) is 0 Å². The van der Waals surface area contributed by atoms with Gasteiger partial charge in [-0.15, -0.1) is 0 Å². The lowest BCUT2D eigenvalue weighted by Gasteiger charge is -2.38. The van der Waals surface area contributed by atoms with E-state index in [0.29, 0.717) is 29.4 Å². The number of piperidine rings is 1. The molecule has 2 aromatic rings. The molecule has 3 rings (SSSR count). The molecule has 2 atom stereocenters. The summed E-state index contributed by atoms with van der Waals surface area (Å²) in [5.41, 5.74) is 2.22. The van der Waals surface area contributed by atoms with Gasteiger partial charge in [-0.05, 0) is 88.4 Å². The minimum atomic E-state index is -0.228. The van der Waals surface area contributed by atoms with Gasteiger partial charge in [-0.3, -0.25) is 9.59 Å². The zero-order valence-electron chi connectivity index (χ0n) is 19.5. The smallest absolute Gasteiger partial charge is 0.260 e. The number of hydrogen-bond donors (Lipinski definition) is 1. The van der Waals surface area contributed by atoms with Crippen LogP contribution in [0.25, 0.3) is 0 Å². The van der Waals surface area contributed by atoms with Crippen molar-refractivity contribution in [3.63, 3.8) is 0 Å². The van der Waals surface area contributed by atoms with Crippen LogP contribution in [-0.2, 0) is 4.79 Å². The molecule has 0 aliphatic carbocycles. The fourth-order valence-corrected chi connectivity index (χ4v) is 4.09. The van der Waals surface area contributed by atoms with Crippen molar-refractivity contribution in [1.82, 2.24) is 4.90 Å². The number of rotatable bonds is 8. The van der Waals surface area contributed by atoms with Crippen LogP contribution >= 0.6 is 0 Å². The number of ether oxygens (including phenoxy) is 2. The molecule has 6 nitrogen and oxygen atoms in total. The van der Waals surface area contributed by atoms with Gasteiger partial charge in [0.15, 0.2) is 6.61 Å². The predicted molar refractivity (Wildman–Crippen MR) is 126 cm³/mol. The Kier molecular flexibility index (Phi) is 8.14. The van der Waals surface area contributed by atoms with E-state index in [1.807, 2.05) is 36.9 Å². The number of amides is 2. The van der Waals surface area contributed by atoms with Crippen LogP contribution in [0.3, 0.4) is 0 Å². The number of benzene rings is 2. The number of nitrogens with zero attached hydrogens (tertiary/aromatic N) is 1. The van der Waals surface area contributed by atoms with Gasteiger partial charge in [0, 0.05) is 17.6 Å². The molecule has 32 heavy (non-hydrogen) atoms. The Labute approximate surface area is 190 Å². The van der Waals surface area contributed by atoms with Crippen LogP contribution < -0.4 is 14.8 Å². The molecule has 172 valence electrons. The molecule has 1 saturated heterocycles. The first kappa shape index (κ1) is 23.6. The maximum absolute atomic E-state index is 12.7. The molecule has 0 aromatic heterocycles. The molecule has 1 aliphatic rings. The van der Waals surface area contributed by atoms with Gasteiger partial charge in [-0.25, -0.2) is 0 Å². The van der Waals surface area contributed by atoms with Crippen LogP contribution in [-0.4, -0.2) is 42.0 Å². The Morgan fingerprint density at radius 2 is 1.72 bits per heavy atom. The van der Waals surface area contributed by atoms with E-state index in [9.17, 15) is 9.59 Å². The monoisotopic (exact) mass is 438 g/mol. The zero-order valence-corrected chi connectivity index (χ0v) is 19.5. The second-order valence-corrected chi connectivity index (χ2v) is 8.55. The summed E-state index contributed by atoms with van der Waals surface area (Å²) < 4.78 is 11.5. The van der Waals surface area contributed by atoms with E-state index in [1.54, 1.807) is 24.3 Å². The molecular formula is C26H34N2O4. The number of likely N-dealkylation sites (tertiary alicyclic amines) is 1. The Bertz CT molecular complexity index is 916. The SMILES string of the molecule is CCCOc1cc(C)ccc1NC(=O)c1ccc(OCC(=O)N2C(C)CCCC2C)cc1. The normalized spacial score (nSPS) is 18.2. The van der Waals surface area contributed by atoms with E-state index < -0.39 is 0 Å². The van der Waals surface area contributed by atoms with Gasteiger partial charge in [0.2, 0.25) is 0 Å². The maximum atomic E-state index is 12.7. The third-order valence-corrected chi connectivity index (χ3v) is 5.81. The zero-order chi connectivity index (χ0) is 23.1. The summed E-state index contributed by atoms with van der Waals surface area (Å²) in [6, 6.07) is 13.0. The largest absolute Gasteiger partial charge is 0.491 e. The Balaban J connectivity index is 1.58. The highest BCUT2D eigenvalue weighted by Crippen LogP contribution is 2.27. The van der Waals surface area contributed by atoms with Crippen molar-refractivity contribution in [3.05, 3.63) is 53.6 Å². The van der Waals surface area contributed by atoms with Gasteiger partial charge >= 0.3 is 0 Å². The number of anilines is 1. The standard InChI is InChI=1S/C26H34N2O4/c1-5-15-31-24-16-18(2)9-14-23(24)27-26(30)21-10-12-22(13-11-21)32-17-25(29)28-19(3)7-6-8-20(28)4/h9-14,16,19-20H,5-8,15,17H2,1-4H3,(H,27,30). The first-order chi connectivity index (χ1) is 15.4. The number of hydrogen-bond acceptors (Lipinski definition) is 4. The molecule has 0 saturated carbocycles. The van der Waals surface area contributed by atoms with Crippen LogP contribution in [0.4, 0.5) is 5.69 Å². The molecule has 2 aromatic carbocycles. The average Bonchev–Trinajstić information content (AvgIpc) is 2.78. The topological polar surface area (TPSA) is 67.9 Å². The minimum Gasteiger partial charge on any atom is -0.491 e. The van der Waals surface area contributed by atoms with Crippen LogP contribution in [0.15, 0.2) is 42.5 Å². The lowest BCUT2D eigenvalue weighted by Crippen LogP contribution is -2.49. The molecule has 1 heterocycles.